The maximum Gasteiger partial charge on any atom is 0.307 e. The summed E-state index contributed by atoms with van der Waals surface area (Å²) in [7, 11) is 1.33. The van der Waals surface area contributed by atoms with E-state index in [4.69, 9.17) is 0 Å². The second kappa shape index (κ2) is 5.84. The molecule has 1 amide bonds. The molecule has 1 aliphatic rings. The molecule has 1 heterocycles. The zero-order valence-corrected chi connectivity index (χ0v) is 11.2. The van der Waals surface area contributed by atoms with Gasteiger partial charge < -0.3 is 15.0 Å². The van der Waals surface area contributed by atoms with Crippen LogP contribution < -0.4 is 10.2 Å². The lowest BCUT2D eigenvalue weighted by Gasteiger charge is -2.33. The van der Waals surface area contributed by atoms with Gasteiger partial charge >= 0.3 is 5.97 Å². The maximum atomic E-state index is 12.4. The van der Waals surface area contributed by atoms with Gasteiger partial charge in [0.05, 0.1) is 19.6 Å². The van der Waals surface area contributed by atoms with E-state index in [1.54, 1.807) is 4.90 Å². The Morgan fingerprint density at radius 1 is 1.47 bits per heavy atom. The normalized spacial score (nSPS) is 19.4. The second-order valence-corrected chi connectivity index (χ2v) is 4.56. The Morgan fingerprint density at radius 3 is 2.89 bits per heavy atom. The highest BCUT2D eigenvalue weighted by atomic mass is 16.5. The van der Waals surface area contributed by atoms with Crippen molar-refractivity contribution in [3.8, 4) is 0 Å². The van der Waals surface area contributed by atoms with Crippen molar-refractivity contribution in [2.45, 2.75) is 19.4 Å². The van der Waals surface area contributed by atoms with Crippen molar-refractivity contribution in [2.24, 2.45) is 0 Å². The van der Waals surface area contributed by atoms with Gasteiger partial charge in [0.15, 0.2) is 0 Å². The molecule has 1 N–H and O–H groups in total. The first kappa shape index (κ1) is 13.5. The zero-order valence-electron chi connectivity index (χ0n) is 11.2. The van der Waals surface area contributed by atoms with Gasteiger partial charge in [-0.1, -0.05) is 18.2 Å². The summed E-state index contributed by atoms with van der Waals surface area (Å²) >= 11 is 0. The fraction of sp³-hybridized carbons (Fsp3) is 0.429. The van der Waals surface area contributed by atoms with Gasteiger partial charge in [0, 0.05) is 18.8 Å². The number of piperazine rings is 1. The molecule has 0 aromatic heterocycles. The van der Waals surface area contributed by atoms with Gasteiger partial charge in [-0.25, -0.2) is 0 Å². The molecule has 0 saturated carbocycles. The number of carbonyl (C=O) groups excluding carboxylic acids is 2. The first-order valence-electron chi connectivity index (χ1n) is 6.30. The largest absolute Gasteiger partial charge is 0.469 e. The number of benzene rings is 1. The summed E-state index contributed by atoms with van der Waals surface area (Å²) in [6.45, 7) is 3.25. The molecule has 1 fully saturated rings. The summed E-state index contributed by atoms with van der Waals surface area (Å²) in [5.41, 5.74) is 1.96. The van der Waals surface area contributed by atoms with Gasteiger partial charge in [0.2, 0.25) is 5.91 Å². The van der Waals surface area contributed by atoms with Crippen LogP contribution in [0.4, 0.5) is 5.69 Å². The minimum absolute atomic E-state index is 0.0672. The molecule has 1 saturated heterocycles. The highest BCUT2D eigenvalue weighted by molar-refractivity contribution is 6.00. The van der Waals surface area contributed by atoms with Crippen LogP contribution in [0.2, 0.25) is 0 Å². The lowest BCUT2D eigenvalue weighted by atomic mass is 10.1. The number of rotatable bonds is 3. The summed E-state index contributed by atoms with van der Waals surface area (Å²) in [4.78, 5) is 25.4. The molecule has 5 nitrogen and oxygen atoms in total. The highest BCUT2D eigenvalue weighted by Crippen LogP contribution is 2.22. The standard InChI is InChI=1S/C14H18N2O3/c1-10-5-3-4-6-12(10)16-8-7-15-11(14(16)18)9-13(17)19-2/h3-6,11,15H,7-9H2,1-2H3. The van der Waals surface area contributed by atoms with Crippen molar-refractivity contribution in [1.82, 2.24) is 5.32 Å². The van der Waals surface area contributed by atoms with Crippen molar-refractivity contribution in [3.63, 3.8) is 0 Å². The molecular weight excluding hydrogens is 244 g/mol. The summed E-state index contributed by atoms with van der Waals surface area (Å²) in [5, 5.41) is 3.06. The van der Waals surface area contributed by atoms with Crippen LogP contribution in [0.25, 0.3) is 0 Å². The average Bonchev–Trinajstić information content (AvgIpc) is 2.42. The zero-order chi connectivity index (χ0) is 13.8. The number of hydrogen-bond acceptors (Lipinski definition) is 4. The van der Waals surface area contributed by atoms with Crippen LogP contribution in [0.15, 0.2) is 24.3 Å². The molecule has 1 atom stereocenters. The Labute approximate surface area is 112 Å². The minimum Gasteiger partial charge on any atom is -0.469 e. The SMILES string of the molecule is COC(=O)CC1NCCN(c2ccccc2C)C1=O. The monoisotopic (exact) mass is 262 g/mol. The van der Waals surface area contributed by atoms with Crippen LogP contribution in [0.5, 0.6) is 0 Å². The number of carbonyl (C=O) groups is 2. The van der Waals surface area contributed by atoms with E-state index in [-0.39, 0.29) is 18.3 Å². The lowest BCUT2D eigenvalue weighted by molar-refractivity contribution is -0.143. The second-order valence-electron chi connectivity index (χ2n) is 4.56. The molecule has 0 spiro atoms. The fourth-order valence-electron chi connectivity index (χ4n) is 2.25. The van der Waals surface area contributed by atoms with E-state index in [1.807, 2.05) is 31.2 Å². The van der Waals surface area contributed by atoms with Gasteiger partial charge in [0.25, 0.3) is 0 Å². The summed E-state index contributed by atoms with van der Waals surface area (Å²) in [6, 6.07) is 7.25. The Balaban J connectivity index is 2.17. The summed E-state index contributed by atoms with van der Waals surface area (Å²) in [6.07, 6.45) is 0.0672. The molecule has 1 aromatic rings. The Kier molecular flexibility index (Phi) is 4.16. The third-order valence-electron chi connectivity index (χ3n) is 3.29. The number of hydrogen-bond donors (Lipinski definition) is 1. The quantitative estimate of drug-likeness (QED) is 0.821. The predicted molar refractivity (Wildman–Crippen MR) is 72.0 cm³/mol. The molecular formula is C14H18N2O3. The molecule has 2 rings (SSSR count). The Bertz CT molecular complexity index is 487. The number of esters is 1. The Morgan fingerprint density at radius 2 is 2.21 bits per heavy atom. The molecule has 102 valence electrons. The number of para-hydroxylation sites is 1. The molecule has 0 radical (unpaired) electrons. The molecule has 5 heteroatoms. The predicted octanol–water partition coefficient (Wildman–Crippen LogP) is 0.863. The first-order valence-corrected chi connectivity index (χ1v) is 6.30. The number of nitrogens with one attached hydrogen (secondary N) is 1. The minimum atomic E-state index is -0.499. The lowest BCUT2D eigenvalue weighted by Crippen LogP contribution is -2.56. The van der Waals surface area contributed by atoms with Gasteiger partial charge in [-0.05, 0) is 18.6 Å². The van der Waals surface area contributed by atoms with E-state index < -0.39 is 6.04 Å². The summed E-state index contributed by atoms with van der Waals surface area (Å²) in [5.74, 6) is -0.455. The van der Waals surface area contributed by atoms with Gasteiger partial charge in [-0.3, -0.25) is 9.59 Å². The van der Waals surface area contributed by atoms with Crippen LogP contribution in [-0.4, -0.2) is 38.1 Å². The van der Waals surface area contributed by atoms with Crippen LogP contribution >= 0.6 is 0 Å². The van der Waals surface area contributed by atoms with Crippen LogP contribution in [0.3, 0.4) is 0 Å². The molecule has 0 bridgehead atoms. The molecule has 19 heavy (non-hydrogen) atoms. The van der Waals surface area contributed by atoms with Crippen LogP contribution in [0.1, 0.15) is 12.0 Å². The van der Waals surface area contributed by atoms with Gasteiger partial charge in [-0.2, -0.15) is 0 Å². The fourth-order valence-corrected chi connectivity index (χ4v) is 2.25. The van der Waals surface area contributed by atoms with E-state index in [2.05, 4.69) is 10.1 Å². The maximum absolute atomic E-state index is 12.4. The average molecular weight is 262 g/mol. The van der Waals surface area contributed by atoms with Crippen LogP contribution in [0, 0.1) is 6.92 Å². The van der Waals surface area contributed by atoms with Gasteiger partial charge in [-0.15, -0.1) is 0 Å². The topological polar surface area (TPSA) is 58.6 Å². The number of amides is 1. The number of anilines is 1. The van der Waals surface area contributed by atoms with E-state index in [0.29, 0.717) is 13.1 Å². The smallest absolute Gasteiger partial charge is 0.307 e. The Hall–Kier alpha value is -1.88. The van der Waals surface area contributed by atoms with Gasteiger partial charge in [0.1, 0.15) is 0 Å². The molecule has 1 aromatic carbocycles. The number of ether oxygens (including phenoxy) is 1. The van der Waals surface area contributed by atoms with E-state index in [1.165, 1.54) is 7.11 Å². The van der Waals surface area contributed by atoms with E-state index in [0.717, 1.165) is 11.3 Å². The summed E-state index contributed by atoms with van der Waals surface area (Å²) < 4.78 is 4.62. The third kappa shape index (κ3) is 2.93. The van der Waals surface area contributed by atoms with Crippen molar-refractivity contribution in [3.05, 3.63) is 29.8 Å². The highest BCUT2D eigenvalue weighted by Gasteiger charge is 2.31. The van der Waals surface area contributed by atoms with E-state index in [9.17, 15) is 9.59 Å². The molecule has 0 aliphatic carbocycles. The van der Waals surface area contributed by atoms with Crippen molar-refractivity contribution < 1.29 is 14.3 Å². The number of nitrogens with zero attached hydrogens (tertiary/aromatic N) is 1. The van der Waals surface area contributed by atoms with Crippen molar-refractivity contribution in [1.29, 1.82) is 0 Å². The van der Waals surface area contributed by atoms with Crippen LogP contribution in [-0.2, 0) is 14.3 Å². The van der Waals surface area contributed by atoms with E-state index >= 15 is 0 Å². The molecule has 1 aliphatic heterocycles. The number of methoxy groups -OCH3 is 1. The molecule has 1 unspecified atom stereocenters. The van der Waals surface area contributed by atoms with Crippen molar-refractivity contribution >= 4 is 17.6 Å². The van der Waals surface area contributed by atoms with Crippen molar-refractivity contribution in [2.75, 3.05) is 25.1 Å². The third-order valence-corrected chi connectivity index (χ3v) is 3.29. The first-order chi connectivity index (χ1) is 9.13. The number of aryl methyl sites for hydroxylation is 1.